The summed E-state index contributed by atoms with van der Waals surface area (Å²) in [5.74, 6) is -0.569. The van der Waals surface area contributed by atoms with Crippen molar-refractivity contribution < 1.29 is 17.6 Å². The van der Waals surface area contributed by atoms with E-state index in [9.17, 15) is 17.6 Å². The second kappa shape index (κ2) is 6.33. The van der Waals surface area contributed by atoms with Crippen LogP contribution in [0.3, 0.4) is 0 Å². The second-order valence-electron chi connectivity index (χ2n) is 5.01. The summed E-state index contributed by atoms with van der Waals surface area (Å²) < 4.78 is 41.5. The third kappa shape index (κ3) is 2.92. The van der Waals surface area contributed by atoms with Gasteiger partial charge in [-0.2, -0.15) is 0 Å². The van der Waals surface area contributed by atoms with Gasteiger partial charge >= 0.3 is 0 Å². The minimum absolute atomic E-state index is 0.0383. The minimum Gasteiger partial charge on any atom is -0.298 e. The summed E-state index contributed by atoms with van der Waals surface area (Å²) in [7, 11) is -3.97. The number of carbonyl (C=O) groups is 1. The van der Waals surface area contributed by atoms with Crippen molar-refractivity contribution in [2.24, 2.45) is 0 Å². The van der Waals surface area contributed by atoms with E-state index in [-0.39, 0.29) is 21.7 Å². The van der Waals surface area contributed by atoms with Gasteiger partial charge in [-0.3, -0.25) is 4.79 Å². The zero-order valence-corrected chi connectivity index (χ0v) is 14.6. The van der Waals surface area contributed by atoms with Crippen LogP contribution in [-0.2, 0) is 10.0 Å². The van der Waals surface area contributed by atoms with Crippen LogP contribution in [0.1, 0.15) is 10.4 Å². The molecule has 1 heterocycles. The molecule has 0 atom stereocenters. The number of aromatic nitrogens is 1. The van der Waals surface area contributed by atoms with Crippen molar-refractivity contribution in [2.75, 3.05) is 0 Å². The van der Waals surface area contributed by atoms with Gasteiger partial charge in [0.2, 0.25) is 0 Å². The summed E-state index contributed by atoms with van der Waals surface area (Å²) in [6.45, 7) is 0. The van der Waals surface area contributed by atoms with Gasteiger partial charge in [-0.1, -0.05) is 28.1 Å². The average Bonchev–Trinajstić information content (AvgIpc) is 3.01. The summed E-state index contributed by atoms with van der Waals surface area (Å²) in [6.07, 6.45) is 1.71. The molecule has 0 amide bonds. The first kappa shape index (κ1) is 16.6. The Labute approximate surface area is 146 Å². The molecule has 3 aromatic rings. The highest BCUT2D eigenvalue weighted by Crippen LogP contribution is 2.29. The lowest BCUT2D eigenvalue weighted by Gasteiger charge is -2.11. The molecule has 0 spiro atoms. The number of rotatable bonds is 4. The number of hydrogen-bond acceptors (Lipinski definition) is 3. The summed E-state index contributed by atoms with van der Waals surface area (Å²) in [4.78, 5) is 11.1. The molecule has 0 N–H and O–H groups in total. The van der Waals surface area contributed by atoms with Crippen LogP contribution in [0.2, 0.25) is 0 Å². The maximum atomic E-state index is 14.1. The van der Waals surface area contributed by atoms with Crippen molar-refractivity contribution >= 4 is 32.2 Å². The SMILES string of the molecule is O=Cc1cc(-c2ccccc2F)n(S(=O)(=O)c2ccc(Br)cc2)c1. The van der Waals surface area contributed by atoms with Crippen LogP contribution in [-0.4, -0.2) is 18.7 Å². The Morgan fingerprint density at radius 1 is 1.04 bits per heavy atom. The standard InChI is InChI=1S/C17H11BrFNO3S/c18-13-5-7-14(8-6-13)24(22,23)20-10-12(11-21)9-17(20)15-3-1-2-4-16(15)19/h1-11H. The van der Waals surface area contributed by atoms with E-state index in [0.29, 0.717) is 6.29 Å². The molecule has 122 valence electrons. The van der Waals surface area contributed by atoms with Crippen LogP contribution in [0.4, 0.5) is 4.39 Å². The highest BCUT2D eigenvalue weighted by atomic mass is 79.9. The molecule has 0 aliphatic heterocycles. The van der Waals surface area contributed by atoms with Crippen molar-refractivity contribution in [1.29, 1.82) is 0 Å². The number of benzene rings is 2. The molecule has 0 saturated heterocycles. The number of hydrogen-bond donors (Lipinski definition) is 0. The molecule has 0 aliphatic rings. The summed E-state index contributed by atoms with van der Waals surface area (Å²) in [5.41, 5.74) is 0.346. The molecule has 0 radical (unpaired) electrons. The van der Waals surface area contributed by atoms with E-state index >= 15 is 0 Å². The molecule has 0 bridgehead atoms. The Hall–Kier alpha value is -2.25. The largest absolute Gasteiger partial charge is 0.298 e. The maximum absolute atomic E-state index is 14.1. The van der Waals surface area contributed by atoms with Gasteiger partial charge < -0.3 is 0 Å². The van der Waals surface area contributed by atoms with Crippen LogP contribution in [0.15, 0.2) is 70.2 Å². The molecular weight excluding hydrogens is 397 g/mol. The van der Waals surface area contributed by atoms with Gasteiger partial charge in [0.15, 0.2) is 6.29 Å². The zero-order valence-electron chi connectivity index (χ0n) is 12.2. The van der Waals surface area contributed by atoms with Crippen LogP contribution < -0.4 is 0 Å². The normalized spacial score (nSPS) is 11.4. The first-order valence-corrected chi connectivity index (χ1v) is 9.10. The Morgan fingerprint density at radius 3 is 2.33 bits per heavy atom. The van der Waals surface area contributed by atoms with Crippen LogP contribution >= 0.6 is 15.9 Å². The number of nitrogens with zero attached hydrogens (tertiary/aromatic N) is 1. The van der Waals surface area contributed by atoms with Gasteiger partial charge in [-0.15, -0.1) is 0 Å². The van der Waals surface area contributed by atoms with E-state index < -0.39 is 15.8 Å². The summed E-state index contributed by atoms with van der Waals surface area (Å²) in [5, 5.41) is 0. The molecule has 7 heteroatoms. The Kier molecular flexibility index (Phi) is 4.38. The van der Waals surface area contributed by atoms with E-state index in [1.165, 1.54) is 42.6 Å². The summed E-state index contributed by atoms with van der Waals surface area (Å²) in [6, 6.07) is 13.2. The highest BCUT2D eigenvalue weighted by Gasteiger charge is 2.23. The molecular formula is C17H11BrFNO3S. The fourth-order valence-corrected chi connectivity index (χ4v) is 3.95. The van der Waals surface area contributed by atoms with Gasteiger partial charge in [-0.05, 0) is 42.5 Å². The van der Waals surface area contributed by atoms with Crippen LogP contribution in [0.25, 0.3) is 11.3 Å². The number of halogens is 2. The second-order valence-corrected chi connectivity index (χ2v) is 7.74. The molecule has 0 aliphatic carbocycles. The van der Waals surface area contributed by atoms with Crippen LogP contribution in [0, 0.1) is 5.82 Å². The van der Waals surface area contributed by atoms with Gasteiger partial charge in [0, 0.05) is 21.8 Å². The van der Waals surface area contributed by atoms with E-state index in [0.717, 1.165) is 8.45 Å². The Bertz CT molecular complexity index is 1010. The lowest BCUT2D eigenvalue weighted by Crippen LogP contribution is -2.13. The monoisotopic (exact) mass is 407 g/mol. The molecule has 2 aromatic carbocycles. The van der Waals surface area contributed by atoms with Crippen molar-refractivity contribution in [1.82, 2.24) is 3.97 Å². The lowest BCUT2D eigenvalue weighted by molar-refractivity contribution is 0.112. The molecule has 0 fully saturated rings. The van der Waals surface area contributed by atoms with E-state index in [2.05, 4.69) is 15.9 Å². The first-order valence-electron chi connectivity index (χ1n) is 6.87. The fourth-order valence-electron chi connectivity index (χ4n) is 2.31. The van der Waals surface area contributed by atoms with Gasteiger partial charge in [-0.25, -0.2) is 16.8 Å². The van der Waals surface area contributed by atoms with Crippen molar-refractivity contribution in [3.63, 3.8) is 0 Å². The van der Waals surface area contributed by atoms with Crippen molar-refractivity contribution in [3.05, 3.63) is 76.6 Å². The van der Waals surface area contributed by atoms with Gasteiger partial charge in [0.05, 0.1) is 10.6 Å². The fraction of sp³-hybridized carbons (Fsp3) is 0. The minimum atomic E-state index is -3.97. The lowest BCUT2D eigenvalue weighted by atomic mass is 10.1. The van der Waals surface area contributed by atoms with E-state index in [1.807, 2.05) is 0 Å². The number of aldehydes is 1. The molecule has 0 unspecified atom stereocenters. The highest BCUT2D eigenvalue weighted by molar-refractivity contribution is 9.10. The topological polar surface area (TPSA) is 56.1 Å². The van der Waals surface area contributed by atoms with Gasteiger partial charge in [0.1, 0.15) is 5.82 Å². The van der Waals surface area contributed by atoms with Crippen LogP contribution in [0.5, 0.6) is 0 Å². The molecule has 4 nitrogen and oxygen atoms in total. The Morgan fingerprint density at radius 2 is 1.71 bits per heavy atom. The van der Waals surface area contributed by atoms with E-state index in [4.69, 9.17) is 0 Å². The molecule has 0 saturated carbocycles. The smallest absolute Gasteiger partial charge is 0.268 e. The average molecular weight is 408 g/mol. The third-order valence-corrected chi connectivity index (χ3v) is 5.68. The molecule has 24 heavy (non-hydrogen) atoms. The zero-order chi connectivity index (χ0) is 17.3. The predicted octanol–water partition coefficient (Wildman–Crippen LogP) is 4.11. The Balaban J connectivity index is 2.24. The predicted molar refractivity (Wildman–Crippen MR) is 91.9 cm³/mol. The molecule has 3 rings (SSSR count). The summed E-state index contributed by atoms with van der Waals surface area (Å²) >= 11 is 3.25. The van der Waals surface area contributed by atoms with E-state index in [1.54, 1.807) is 18.2 Å². The quantitative estimate of drug-likeness (QED) is 0.611. The molecule has 1 aromatic heterocycles. The van der Waals surface area contributed by atoms with Crippen molar-refractivity contribution in [2.45, 2.75) is 4.90 Å². The van der Waals surface area contributed by atoms with Gasteiger partial charge in [0.25, 0.3) is 10.0 Å². The van der Waals surface area contributed by atoms with Crippen molar-refractivity contribution in [3.8, 4) is 11.3 Å². The maximum Gasteiger partial charge on any atom is 0.268 e. The number of carbonyl (C=O) groups excluding carboxylic acids is 1. The first-order chi connectivity index (χ1) is 11.4. The third-order valence-electron chi connectivity index (χ3n) is 3.46.